The number of carbonyl (C=O) groups is 1. The van der Waals surface area contributed by atoms with Gasteiger partial charge in [0.15, 0.2) is 0 Å². The van der Waals surface area contributed by atoms with Crippen molar-refractivity contribution in [1.82, 2.24) is 0 Å². The van der Waals surface area contributed by atoms with Gasteiger partial charge < -0.3 is 14.6 Å². The van der Waals surface area contributed by atoms with Gasteiger partial charge in [0.05, 0.1) is 18.6 Å². The predicted molar refractivity (Wildman–Crippen MR) is 93.9 cm³/mol. The van der Waals surface area contributed by atoms with E-state index in [9.17, 15) is 9.90 Å². The number of hydrogen-bond donors (Lipinski definition) is 1. The fraction of sp³-hybridized carbons (Fsp3) is 0.350. The Bertz CT molecular complexity index is 679. The van der Waals surface area contributed by atoms with Gasteiger partial charge in [0, 0.05) is 0 Å². The van der Waals surface area contributed by atoms with Crippen molar-refractivity contribution in [1.29, 1.82) is 0 Å². The average Bonchev–Trinajstić information content (AvgIpc) is 2.52. The van der Waals surface area contributed by atoms with E-state index in [2.05, 4.69) is 0 Å². The molecule has 0 aliphatic rings. The number of carboxylic acids is 1. The van der Waals surface area contributed by atoms with Crippen LogP contribution in [0.15, 0.2) is 48.5 Å². The molecule has 0 saturated carbocycles. The molecule has 2 rings (SSSR count). The van der Waals surface area contributed by atoms with E-state index < -0.39 is 11.9 Å². The van der Waals surface area contributed by atoms with E-state index in [1.165, 1.54) is 0 Å². The number of hydrogen-bond acceptors (Lipinski definition) is 3. The summed E-state index contributed by atoms with van der Waals surface area (Å²) < 4.78 is 11.2. The summed E-state index contributed by atoms with van der Waals surface area (Å²) in [6, 6.07) is 14.9. The summed E-state index contributed by atoms with van der Waals surface area (Å²) in [5.41, 5.74) is 1.67. The summed E-state index contributed by atoms with van der Waals surface area (Å²) in [6.07, 6.45) is 0.485. The van der Waals surface area contributed by atoms with E-state index in [1.807, 2.05) is 63.2 Å². The van der Waals surface area contributed by atoms with Crippen molar-refractivity contribution < 1.29 is 19.4 Å². The molecule has 0 saturated heterocycles. The monoisotopic (exact) mass is 328 g/mol. The zero-order chi connectivity index (χ0) is 17.5. The highest BCUT2D eigenvalue weighted by Gasteiger charge is 2.21. The smallest absolute Gasteiger partial charge is 0.311 e. The molecule has 4 nitrogen and oxygen atoms in total. The molecule has 1 unspecified atom stereocenters. The van der Waals surface area contributed by atoms with Crippen LogP contribution in [0.1, 0.15) is 37.8 Å². The molecule has 0 aromatic heterocycles. The van der Waals surface area contributed by atoms with E-state index in [0.717, 1.165) is 16.9 Å². The molecule has 0 aliphatic heterocycles. The van der Waals surface area contributed by atoms with Crippen LogP contribution < -0.4 is 9.47 Å². The van der Waals surface area contributed by atoms with Crippen LogP contribution in [0.5, 0.6) is 11.5 Å². The molecule has 0 heterocycles. The Morgan fingerprint density at radius 2 is 1.79 bits per heavy atom. The van der Waals surface area contributed by atoms with Crippen LogP contribution in [-0.4, -0.2) is 23.8 Å². The van der Waals surface area contributed by atoms with Crippen LogP contribution in [0.2, 0.25) is 0 Å². The highest BCUT2D eigenvalue weighted by molar-refractivity contribution is 5.76. The number of ether oxygens (including phenoxy) is 2. The zero-order valence-corrected chi connectivity index (χ0v) is 14.4. The first-order valence-electron chi connectivity index (χ1n) is 8.20. The van der Waals surface area contributed by atoms with Gasteiger partial charge in [-0.2, -0.15) is 0 Å². The minimum atomic E-state index is -0.848. The third-order valence-electron chi connectivity index (χ3n) is 3.58. The topological polar surface area (TPSA) is 55.8 Å². The van der Waals surface area contributed by atoms with E-state index >= 15 is 0 Å². The van der Waals surface area contributed by atoms with Gasteiger partial charge in [-0.25, -0.2) is 0 Å². The fourth-order valence-electron chi connectivity index (χ4n) is 2.59. The van der Waals surface area contributed by atoms with Crippen LogP contribution in [0.4, 0.5) is 0 Å². The lowest BCUT2D eigenvalue weighted by Gasteiger charge is -2.16. The average molecular weight is 328 g/mol. The normalized spacial score (nSPS) is 12.0. The minimum Gasteiger partial charge on any atom is -0.494 e. The largest absolute Gasteiger partial charge is 0.494 e. The van der Waals surface area contributed by atoms with Crippen molar-refractivity contribution in [2.45, 2.75) is 39.2 Å². The molecule has 1 atom stereocenters. The summed E-state index contributed by atoms with van der Waals surface area (Å²) in [5, 5.41) is 9.65. The van der Waals surface area contributed by atoms with Gasteiger partial charge in [-0.3, -0.25) is 4.79 Å². The fourth-order valence-corrected chi connectivity index (χ4v) is 2.59. The van der Waals surface area contributed by atoms with Crippen molar-refractivity contribution in [3.8, 4) is 11.5 Å². The summed E-state index contributed by atoms with van der Waals surface area (Å²) in [6.45, 7) is 6.38. The van der Waals surface area contributed by atoms with Crippen LogP contribution in [0.25, 0.3) is 0 Å². The standard InChI is InChI=1S/C20H24O4/c1-4-23-17-9-6-8-16(13-17)19(20(21)22)12-15-7-5-10-18(11-15)24-14(2)3/h5-11,13-14,19H,4,12H2,1-3H3,(H,21,22). The molecule has 128 valence electrons. The quantitative estimate of drug-likeness (QED) is 0.785. The predicted octanol–water partition coefficient (Wildman–Crippen LogP) is 4.28. The Labute approximate surface area is 143 Å². The Morgan fingerprint density at radius 3 is 2.46 bits per heavy atom. The van der Waals surface area contributed by atoms with Crippen molar-refractivity contribution >= 4 is 5.97 Å². The van der Waals surface area contributed by atoms with Gasteiger partial charge in [0.2, 0.25) is 0 Å². The lowest BCUT2D eigenvalue weighted by molar-refractivity contribution is -0.138. The van der Waals surface area contributed by atoms with E-state index in [-0.39, 0.29) is 6.10 Å². The summed E-state index contributed by atoms with van der Waals surface area (Å²) in [4.78, 5) is 11.8. The zero-order valence-electron chi connectivity index (χ0n) is 14.4. The summed E-state index contributed by atoms with van der Waals surface area (Å²) in [7, 11) is 0. The molecule has 0 spiro atoms. The van der Waals surface area contributed by atoms with Gasteiger partial charge in [0.25, 0.3) is 0 Å². The molecular weight excluding hydrogens is 304 g/mol. The Morgan fingerprint density at radius 1 is 1.08 bits per heavy atom. The minimum absolute atomic E-state index is 0.0818. The SMILES string of the molecule is CCOc1cccc(C(Cc2cccc(OC(C)C)c2)C(=O)O)c1. The number of aliphatic carboxylic acids is 1. The first-order valence-corrected chi connectivity index (χ1v) is 8.20. The molecule has 4 heteroatoms. The Balaban J connectivity index is 2.23. The third kappa shape index (κ3) is 5.01. The van der Waals surface area contributed by atoms with Crippen molar-refractivity contribution in [3.63, 3.8) is 0 Å². The third-order valence-corrected chi connectivity index (χ3v) is 3.58. The highest BCUT2D eigenvalue weighted by atomic mass is 16.5. The molecule has 2 aromatic carbocycles. The Hall–Kier alpha value is -2.49. The highest BCUT2D eigenvalue weighted by Crippen LogP contribution is 2.26. The number of carboxylic acid groups (broad SMARTS) is 1. The maximum Gasteiger partial charge on any atom is 0.311 e. The van der Waals surface area contributed by atoms with Gasteiger partial charge in [-0.15, -0.1) is 0 Å². The maximum atomic E-state index is 11.8. The van der Waals surface area contributed by atoms with Crippen LogP contribution in [-0.2, 0) is 11.2 Å². The molecule has 0 aliphatic carbocycles. The van der Waals surface area contributed by atoms with Crippen molar-refractivity contribution in [2.24, 2.45) is 0 Å². The van der Waals surface area contributed by atoms with Gasteiger partial charge >= 0.3 is 5.97 Å². The summed E-state index contributed by atoms with van der Waals surface area (Å²) >= 11 is 0. The molecule has 1 N–H and O–H groups in total. The molecular formula is C20H24O4. The van der Waals surface area contributed by atoms with Gasteiger partial charge in [-0.05, 0) is 62.6 Å². The first-order chi connectivity index (χ1) is 11.5. The van der Waals surface area contributed by atoms with Gasteiger partial charge in [-0.1, -0.05) is 24.3 Å². The maximum absolute atomic E-state index is 11.8. The molecule has 24 heavy (non-hydrogen) atoms. The molecule has 0 radical (unpaired) electrons. The Kier molecular flexibility index (Phi) is 6.24. The molecule has 0 fully saturated rings. The van der Waals surface area contributed by atoms with Crippen molar-refractivity contribution in [2.75, 3.05) is 6.61 Å². The van der Waals surface area contributed by atoms with Crippen LogP contribution in [0.3, 0.4) is 0 Å². The second kappa shape index (κ2) is 8.39. The van der Waals surface area contributed by atoms with Crippen molar-refractivity contribution in [3.05, 3.63) is 59.7 Å². The first kappa shape index (κ1) is 17.9. The molecule has 0 amide bonds. The van der Waals surface area contributed by atoms with E-state index in [0.29, 0.717) is 18.8 Å². The molecule has 0 bridgehead atoms. The van der Waals surface area contributed by atoms with Crippen LogP contribution >= 0.6 is 0 Å². The van der Waals surface area contributed by atoms with E-state index in [1.54, 1.807) is 6.07 Å². The number of benzene rings is 2. The van der Waals surface area contributed by atoms with Crippen LogP contribution in [0, 0.1) is 0 Å². The lowest BCUT2D eigenvalue weighted by Crippen LogP contribution is -2.15. The van der Waals surface area contributed by atoms with Gasteiger partial charge in [0.1, 0.15) is 11.5 Å². The lowest BCUT2D eigenvalue weighted by atomic mass is 9.92. The second-order valence-corrected chi connectivity index (χ2v) is 5.91. The van der Waals surface area contributed by atoms with E-state index in [4.69, 9.17) is 9.47 Å². The summed E-state index contributed by atoms with van der Waals surface area (Å²) in [5.74, 6) is -0.0219. The number of rotatable bonds is 8. The second-order valence-electron chi connectivity index (χ2n) is 5.91. The molecule has 2 aromatic rings.